The van der Waals surface area contributed by atoms with Gasteiger partial charge in [-0.05, 0) is 43.7 Å². The first kappa shape index (κ1) is 13.8. The van der Waals surface area contributed by atoms with Crippen LogP contribution in [0.3, 0.4) is 0 Å². The number of benzene rings is 1. The maximum atomic E-state index is 5.22. The summed E-state index contributed by atoms with van der Waals surface area (Å²) in [6.07, 6.45) is 0. The zero-order valence-electron chi connectivity index (χ0n) is 11.2. The van der Waals surface area contributed by atoms with Gasteiger partial charge in [-0.2, -0.15) is 0 Å². The summed E-state index contributed by atoms with van der Waals surface area (Å²) in [4.78, 5) is 8.71. The van der Waals surface area contributed by atoms with E-state index in [-0.39, 0.29) is 0 Å². The van der Waals surface area contributed by atoms with Crippen molar-refractivity contribution in [2.24, 2.45) is 0 Å². The van der Waals surface area contributed by atoms with Crippen molar-refractivity contribution in [3.05, 3.63) is 45.7 Å². The van der Waals surface area contributed by atoms with Gasteiger partial charge < -0.3 is 10.1 Å². The third kappa shape index (κ3) is 3.67. The van der Waals surface area contributed by atoms with E-state index in [9.17, 15) is 0 Å². The molecule has 1 heterocycles. The summed E-state index contributed by atoms with van der Waals surface area (Å²) in [6.45, 7) is 4.56. The minimum atomic E-state index is 0.640. The van der Waals surface area contributed by atoms with Gasteiger partial charge in [-0.3, -0.25) is 0 Å². The normalized spacial score (nSPS) is 10.3. The first-order chi connectivity index (χ1) is 9.08. The van der Waals surface area contributed by atoms with Crippen molar-refractivity contribution in [3.8, 4) is 5.75 Å². The predicted octanol–water partition coefficient (Wildman–Crippen LogP) is 3.48. The van der Waals surface area contributed by atoms with Crippen molar-refractivity contribution in [3.63, 3.8) is 0 Å². The number of hydrogen-bond donors (Lipinski definition) is 1. The van der Waals surface area contributed by atoms with E-state index in [4.69, 9.17) is 4.74 Å². The van der Waals surface area contributed by atoms with Crippen LogP contribution < -0.4 is 10.1 Å². The number of rotatable bonds is 4. The van der Waals surface area contributed by atoms with Gasteiger partial charge in [0.15, 0.2) is 0 Å². The van der Waals surface area contributed by atoms with Gasteiger partial charge in [0.1, 0.15) is 5.75 Å². The minimum Gasteiger partial charge on any atom is -0.497 e. The summed E-state index contributed by atoms with van der Waals surface area (Å²) in [5.41, 5.74) is 3.02. The first-order valence-electron chi connectivity index (χ1n) is 5.97. The highest BCUT2D eigenvalue weighted by molar-refractivity contribution is 9.10. The topological polar surface area (TPSA) is 47.0 Å². The highest BCUT2D eigenvalue weighted by Crippen LogP contribution is 2.23. The highest BCUT2D eigenvalue weighted by atomic mass is 79.9. The molecule has 0 fully saturated rings. The Bertz CT molecular complexity index is 567. The van der Waals surface area contributed by atoms with Crippen molar-refractivity contribution in [1.82, 2.24) is 9.97 Å². The fourth-order valence-electron chi connectivity index (χ4n) is 1.79. The SMILES string of the molecule is COc1ccc(Br)c(CNc2nc(C)cc(C)n2)c1. The minimum absolute atomic E-state index is 0.640. The molecule has 0 aliphatic carbocycles. The molecule has 0 aliphatic heterocycles. The van der Waals surface area contributed by atoms with Gasteiger partial charge in [-0.1, -0.05) is 15.9 Å². The lowest BCUT2D eigenvalue weighted by molar-refractivity contribution is 0.414. The Balaban J connectivity index is 2.13. The molecule has 2 aromatic rings. The average Bonchev–Trinajstić information content (AvgIpc) is 2.37. The van der Waals surface area contributed by atoms with E-state index >= 15 is 0 Å². The quantitative estimate of drug-likeness (QED) is 0.936. The number of nitrogens with one attached hydrogen (secondary N) is 1. The Hall–Kier alpha value is -1.62. The Kier molecular flexibility index (Phi) is 4.37. The van der Waals surface area contributed by atoms with Crippen LogP contribution >= 0.6 is 15.9 Å². The second-order valence-electron chi connectivity index (χ2n) is 4.29. The Morgan fingerprint density at radius 2 is 1.84 bits per heavy atom. The van der Waals surface area contributed by atoms with Crippen LogP contribution in [0.5, 0.6) is 5.75 Å². The monoisotopic (exact) mass is 321 g/mol. The number of hydrogen-bond acceptors (Lipinski definition) is 4. The second kappa shape index (κ2) is 6.02. The smallest absolute Gasteiger partial charge is 0.223 e. The van der Waals surface area contributed by atoms with E-state index in [0.717, 1.165) is 27.2 Å². The molecule has 0 radical (unpaired) electrons. The van der Waals surface area contributed by atoms with Crippen LogP contribution in [0, 0.1) is 13.8 Å². The maximum Gasteiger partial charge on any atom is 0.223 e. The molecule has 0 atom stereocenters. The summed E-state index contributed by atoms with van der Waals surface area (Å²) in [5.74, 6) is 1.48. The van der Waals surface area contributed by atoms with E-state index in [0.29, 0.717) is 12.5 Å². The van der Waals surface area contributed by atoms with Crippen LogP contribution in [0.1, 0.15) is 17.0 Å². The molecule has 2 rings (SSSR count). The first-order valence-corrected chi connectivity index (χ1v) is 6.76. The van der Waals surface area contributed by atoms with Crippen molar-refractivity contribution >= 4 is 21.9 Å². The summed E-state index contributed by atoms with van der Waals surface area (Å²) in [6, 6.07) is 7.82. The molecule has 19 heavy (non-hydrogen) atoms. The van der Waals surface area contributed by atoms with Crippen LogP contribution in [0.4, 0.5) is 5.95 Å². The van der Waals surface area contributed by atoms with Crippen LogP contribution in [0.15, 0.2) is 28.7 Å². The second-order valence-corrected chi connectivity index (χ2v) is 5.14. The molecule has 0 bridgehead atoms. The molecule has 0 saturated heterocycles. The van der Waals surface area contributed by atoms with Gasteiger partial charge >= 0.3 is 0 Å². The number of nitrogens with zero attached hydrogens (tertiary/aromatic N) is 2. The van der Waals surface area contributed by atoms with E-state index in [1.807, 2.05) is 38.1 Å². The molecule has 1 aromatic heterocycles. The zero-order chi connectivity index (χ0) is 13.8. The molecular weight excluding hydrogens is 306 g/mol. The molecule has 4 nitrogen and oxygen atoms in total. The van der Waals surface area contributed by atoms with Crippen LogP contribution in [-0.2, 0) is 6.54 Å². The molecule has 5 heteroatoms. The predicted molar refractivity (Wildman–Crippen MR) is 79.5 cm³/mol. The standard InChI is InChI=1S/C14H16BrN3O/c1-9-6-10(2)18-14(17-9)16-8-11-7-12(19-3)4-5-13(11)15/h4-7H,8H2,1-3H3,(H,16,17,18). The zero-order valence-corrected chi connectivity index (χ0v) is 12.8. The summed E-state index contributed by atoms with van der Waals surface area (Å²) in [7, 11) is 1.66. The summed E-state index contributed by atoms with van der Waals surface area (Å²) < 4.78 is 6.25. The number of aryl methyl sites for hydroxylation is 2. The van der Waals surface area contributed by atoms with Gasteiger partial charge in [0.05, 0.1) is 7.11 Å². The molecule has 0 unspecified atom stereocenters. The molecule has 100 valence electrons. The van der Waals surface area contributed by atoms with E-state index in [1.165, 1.54) is 0 Å². The molecule has 0 saturated carbocycles. The number of methoxy groups -OCH3 is 1. The average molecular weight is 322 g/mol. The van der Waals surface area contributed by atoms with Crippen LogP contribution in [0.2, 0.25) is 0 Å². The third-order valence-electron chi connectivity index (χ3n) is 2.67. The number of halogens is 1. The largest absolute Gasteiger partial charge is 0.497 e. The number of aromatic nitrogens is 2. The van der Waals surface area contributed by atoms with Crippen molar-refractivity contribution in [1.29, 1.82) is 0 Å². The summed E-state index contributed by atoms with van der Waals surface area (Å²) in [5, 5.41) is 3.23. The van der Waals surface area contributed by atoms with Gasteiger partial charge in [0.25, 0.3) is 0 Å². The van der Waals surface area contributed by atoms with E-state index in [1.54, 1.807) is 7.11 Å². The highest BCUT2D eigenvalue weighted by Gasteiger charge is 2.04. The third-order valence-corrected chi connectivity index (χ3v) is 3.45. The van der Waals surface area contributed by atoms with Crippen molar-refractivity contribution < 1.29 is 4.74 Å². The molecule has 0 aliphatic rings. The lowest BCUT2D eigenvalue weighted by Gasteiger charge is -2.09. The Labute approximate surface area is 121 Å². The molecule has 0 spiro atoms. The van der Waals surface area contributed by atoms with Gasteiger partial charge in [-0.15, -0.1) is 0 Å². The van der Waals surface area contributed by atoms with Crippen LogP contribution in [-0.4, -0.2) is 17.1 Å². The van der Waals surface area contributed by atoms with Gasteiger partial charge in [0.2, 0.25) is 5.95 Å². The van der Waals surface area contributed by atoms with Crippen LogP contribution in [0.25, 0.3) is 0 Å². The summed E-state index contributed by atoms with van der Waals surface area (Å²) >= 11 is 3.53. The fraction of sp³-hybridized carbons (Fsp3) is 0.286. The molecule has 0 amide bonds. The lowest BCUT2D eigenvalue weighted by Crippen LogP contribution is -2.06. The van der Waals surface area contributed by atoms with Gasteiger partial charge in [-0.25, -0.2) is 9.97 Å². The van der Waals surface area contributed by atoms with E-state index in [2.05, 4.69) is 31.2 Å². The maximum absolute atomic E-state index is 5.22. The van der Waals surface area contributed by atoms with Gasteiger partial charge in [0, 0.05) is 22.4 Å². The lowest BCUT2D eigenvalue weighted by atomic mass is 10.2. The fourth-order valence-corrected chi connectivity index (χ4v) is 2.18. The number of ether oxygens (including phenoxy) is 1. The Morgan fingerprint density at radius 3 is 2.47 bits per heavy atom. The van der Waals surface area contributed by atoms with E-state index < -0.39 is 0 Å². The number of anilines is 1. The molecule has 1 N–H and O–H groups in total. The molecular formula is C14H16BrN3O. The van der Waals surface area contributed by atoms with Crippen molar-refractivity contribution in [2.45, 2.75) is 20.4 Å². The molecule has 1 aromatic carbocycles. The van der Waals surface area contributed by atoms with Crippen molar-refractivity contribution in [2.75, 3.05) is 12.4 Å². The Morgan fingerprint density at radius 1 is 1.16 bits per heavy atom.